The summed E-state index contributed by atoms with van der Waals surface area (Å²) in [6.07, 6.45) is 21.7. The molecule has 0 unspecified atom stereocenters. The van der Waals surface area contributed by atoms with E-state index in [9.17, 15) is 13.2 Å². The van der Waals surface area contributed by atoms with Crippen LogP contribution in [-0.2, 0) is 30.7 Å². The number of hydrogen-bond donors (Lipinski definition) is 0. The van der Waals surface area contributed by atoms with Gasteiger partial charge in [0.15, 0.2) is 0 Å². The maximum absolute atomic E-state index is 10.4. The number of pyridine rings is 1. The molecule has 0 atom stereocenters. The Balaban J connectivity index is -0.000000323. The van der Waals surface area contributed by atoms with Gasteiger partial charge in [0.05, 0.1) is 34.2 Å². The Kier molecular flexibility index (Phi) is 83.6. The second-order valence-electron chi connectivity index (χ2n) is 26.9. The number of aromatic nitrogens is 1. The Morgan fingerprint density at radius 3 is 1.08 bits per heavy atom. The molecule has 8 aromatic carbocycles. The number of nitrogens with zero attached hydrogens (tertiary/aromatic N) is 3. The normalized spacial score (nSPS) is 10.4. The standard InChI is InChI=1S/C33H43N3.5C11H14.C6H6.C5H10.C2F3O.5C2H6.Rh/c1-20(2)26-14-11-15-27(21(3)4)32(26)34-24(9)30-18-13-19-31(36-30)25(10)35-33-28(22(5)6)16-12-17-29(33)23(7)8;2*1-3-7-10(2)11-8-5-4-6-9-11;1-3-10(4-2)11-8-6-5-7-9-11;2*1-2-3-5-8-11-9-6-4-7-10-11;1-2-4-6-5-3-1;1-3-5-4-2;3-2(4,5)1-6;5*1-2;/h11-23H,1-10H3;4-9H,3H2,1-2H3;4-6,8-9H,2-3,7H2,1H3;3,5-9H,4H2,1-2H3;4-10H,2-3H2,1H3;3-7,9-10H,2,8H2,1H3;1-6H;3H,1,4-5H2,2H3;;5*1-2H3;/q;;;;;;;;-1;;;;;;/b;10-7-;;10-3-;8-5+;5-3+;;;;;;;;;. The summed E-state index contributed by atoms with van der Waals surface area (Å²) in [5.41, 5.74) is 21.6. The number of para-hydroxylation sites is 2. The summed E-state index contributed by atoms with van der Waals surface area (Å²) in [5.74, 6) is 1.61. The molecule has 0 spiro atoms. The molecule has 1 radical (unpaired) electrons. The maximum atomic E-state index is 10.4. The fraction of sp³-hybridized carbons (Fsp3) is 0.387. The number of benzene rings is 8. The minimum atomic E-state index is -4.76. The molecule has 0 aliphatic rings. The molecular formula is C111H159F3N3ORh-. The van der Waals surface area contributed by atoms with Crippen LogP contribution in [0.2, 0.25) is 0 Å². The van der Waals surface area contributed by atoms with Gasteiger partial charge in [-0.2, -0.15) is 6.29 Å². The van der Waals surface area contributed by atoms with Crippen molar-refractivity contribution >= 4 is 51.9 Å². The molecule has 0 N–H and O–H groups in total. The van der Waals surface area contributed by atoms with E-state index >= 15 is 0 Å². The molecule has 0 saturated heterocycles. The molecule has 0 fully saturated rings. The molecule has 655 valence electrons. The molecular weight excluding hydrogens is 1550 g/mol. The van der Waals surface area contributed by atoms with Crippen LogP contribution in [0.4, 0.5) is 24.5 Å². The molecule has 0 aliphatic carbocycles. The van der Waals surface area contributed by atoms with Gasteiger partial charge in [0, 0.05) is 19.5 Å². The predicted octanol–water partition coefficient (Wildman–Crippen LogP) is 36.5. The Morgan fingerprint density at radius 1 is 0.437 bits per heavy atom. The van der Waals surface area contributed by atoms with Crippen molar-refractivity contribution in [3.05, 3.63) is 354 Å². The second kappa shape index (κ2) is 82.5. The first kappa shape index (κ1) is 121. The number of carbonyl (C=O) groups excluding carboxylic acids is 1. The fourth-order valence-electron chi connectivity index (χ4n) is 10.6. The molecule has 9 aromatic rings. The van der Waals surface area contributed by atoms with Crippen LogP contribution in [0, 0.1) is 0 Å². The van der Waals surface area contributed by atoms with E-state index < -0.39 is 6.18 Å². The summed E-state index contributed by atoms with van der Waals surface area (Å²) in [7, 11) is 0. The number of alkyl halides is 3. The zero-order valence-corrected chi connectivity index (χ0v) is 80.8. The summed E-state index contributed by atoms with van der Waals surface area (Å²) in [5, 5.41) is 0. The van der Waals surface area contributed by atoms with Crippen LogP contribution in [-0.4, -0.2) is 28.9 Å². The van der Waals surface area contributed by atoms with Gasteiger partial charge in [-0.25, -0.2) is 18.2 Å². The van der Waals surface area contributed by atoms with Gasteiger partial charge in [-0.3, -0.25) is 9.98 Å². The Morgan fingerprint density at radius 2 is 0.773 bits per heavy atom. The zero-order chi connectivity index (χ0) is 90.3. The van der Waals surface area contributed by atoms with Gasteiger partial charge in [0.25, 0.3) is 6.18 Å². The molecule has 0 saturated carbocycles. The van der Waals surface area contributed by atoms with Crippen molar-refractivity contribution in [2.24, 2.45) is 9.98 Å². The minimum absolute atomic E-state index is 0. The quantitative estimate of drug-likeness (QED) is 0.0277. The number of halogens is 3. The topological polar surface area (TPSA) is 54.7 Å². The number of rotatable bonds is 23. The molecule has 0 aliphatic heterocycles. The smallest absolute Gasteiger partial charge is 0.298 e. The van der Waals surface area contributed by atoms with E-state index in [0.29, 0.717) is 23.7 Å². The van der Waals surface area contributed by atoms with E-state index in [2.05, 4.69) is 338 Å². The predicted molar refractivity (Wildman–Crippen MR) is 528 cm³/mol. The Labute approximate surface area is 741 Å². The Bertz CT molecular complexity index is 3830. The molecule has 8 heteroatoms. The van der Waals surface area contributed by atoms with E-state index in [1.807, 2.05) is 154 Å². The van der Waals surface area contributed by atoms with Crippen LogP contribution < -0.4 is 0 Å². The van der Waals surface area contributed by atoms with Gasteiger partial charge in [-0.1, -0.05) is 465 Å². The molecule has 119 heavy (non-hydrogen) atoms. The van der Waals surface area contributed by atoms with Crippen molar-refractivity contribution in [2.75, 3.05) is 0 Å². The van der Waals surface area contributed by atoms with Crippen molar-refractivity contribution in [1.29, 1.82) is 0 Å². The number of aliphatic imine (C=N–C) groups is 2. The van der Waals surface area contributed by atoms with Crippen molar-refractivity contribution in [3.63, 3.8) is 0 Å². The molecule has 1 aromatic heterocycles. The van der Waals surface area contributed by atoms with E-state index in [1.54, 1.807) is 0 Å². The van der Waals surface area contributed by atoms with Crippen LogP contribution in [0.15, 0.2) is 302 Å². The second-order valence-corrected chi connectivity index (χ2v) is 26.9. The van der Waals surface area contributed by atoms with Crippen LogP contribution >= 0.6 is 0 Å². The summed E-state index contributed by atoms with van der Waals surface area (Å²) in [6.45, 7) is 66.8. The van der Waals surface area contributed by atoms with Crippen LogP contribution in [0.25, 0.3) is 22.8 Å². The van der Waals surface area contributed by atoms with E-state index in [1.165, 1.54) is 92.5 Å². The van der Waals surface area contributed by atoms with E-state index in [-0.39, 0.29) is 25.8 Å². The first-order chi connectivity index (χ1) is 56.9. The van der Waals surface area contributed by atoms with Gasteiger partial charge in [-0.05, 0) is 175 Å². The third-order valence-electron chi connectivity index (χ3n) is 16.5. The van der Waals surface area contributed by atoms with Crippen LogP contribution in [0.5, 0.6) is 0 Å². The summed E-state index contributed by atoms with van der Waals surface area (Å²) in [6, 6.07) is 83.5. The van der Waals surface area contributed by atoms with Gasteiger partial charge >= 0.3 is 0 Å². The largest absolute Gasteiger partial charge is 0.533 e. The third kappa shape index (κ3) is 60.0. The minimum Gasteiger partial charge on any atom is -0.533 e. The molecule has 0 bridgehead atoms. The molecule has 9 rings (SSSR count). The van der Waals surface area contributed by atoms with Crippen LogP contribution in [0.1, 0.15) is 337 Å². The third-order valence-corrected chi connectivity index (χ3v) is 16.5. The SMILES string of the molecule is C/C=C(/CC)c1ccccc1.C=C(CCC)c1ccccc1.C=CCCC.CC.CC.CC.CC.CC.CC(=Nc1c(C(C)C)cccc1C(C)C)c1cccc(C(C)=Nc2c(C(C)C)cccc2C(C)C)n1.CC/C=C(/C)c1ccccc1.CC/C=C/Cc1ccccc1.CCC/C=C/c1ccccc1.O=[C-]C(F)(F)F.[Rh].c1ccccc1. The summed E-state index contributed by atoms with van der Waals surface area (Å²) in [4.78, 5) is 23.9. The van der Waals surface area contributed by atoms with Crippen molar-refractivity contribution in [2.45, 2.75) is 288 Å². The van der Waals surface area contributed by atoms with Gasteiger partial charge in [0.2, 0.25) is 0 Å². The Hall–Kier alpha value is -9.23. The molecule has 4 nitrogen and oxygen atoms in total. The van der Waals surface area contributed by atoms with E-state index in [4.69, 9.17) is 19.8 Å². The number of hydrogen-bond acceptors (Lipinski definition) is 4. The van der Waals surface area contributed by atoms with Crippen LogP contribution in [0.3, 0.4) is 0 Å². The molecule has 1 heterocycles. The van der Waals surface area contributed by atoms with E-state index in [0.717, 1.165) is 72.7 Å². The zero-order valence-electron chi connectivity index (χ0n) is 79.1. The van der Waals surface area contributed by atoms with Gasteiger partial charge in [0.1, 0.15) is 0 Å². The first-order valence-electron chi connectivity index (χ1n) is 43.9. The maximum Gasteiger partial charge on any atom is 0.298 e. The molecule has 0 amide bonds. The fourth-order valence-corrected chi connectivity index (χ4v) is 10.6. The average molecular weight is 1710 g/mol. The first-order valence-corrected chi connectivity index (χ1v) is 43.9. The summed E-state index contributed by atoms with van der Waals surface area (Å²) >= 11 is 0. The van der Waals surface area contributed by atoms with Gasteiger partial charge in [-0.15, -0.1) is 6.58 Å². The van der Waals surface area contributed by atoms with Gasteiger partial charge < -0.3 is 4.79 Å². The van der Waals surface area contributed by atoms with Crippen molar-refractivity contribution in [3.8, 4) is 0 Å². The summed E-state index contributed by atoms with van der Waals surface area (Å²) < 4.78 is 31.1. The number of unbranched alkanes of at least 4 members (excludes halogenated alkanes) is 2. The number of allylic oxidation sites excluding steroid dienone is 9. The van der Waals surface area contributed by atoms with Crippen molar-refractivity contribution in [1.82, 2.24) is 4.98 Å². The monoisotopic (exact) mass is 1710 g/mol. The average Bonchev–Trinajstić information content (AvgIpc) is 0.810. The van der Waals surface area contributed by atoms with Crippen molar-refractivity contribution < 1.29 is 37.4 Å².